The predicted molar refractivity (Wildman–Crippen MR) is 143 cm³/mol. The summed E-state index contributed by atoms with van der Waals surface area (Å²) in [4.78, 5) is 31.3. The van der Waals surface area contributed by atoms with Crippen LogP contribution >= 0.6 is 11.3 Å². The summed E-state index contributed by atoms with van der Waals surface area (Å²) >= 11 is 1.64. The number of hydrogen-bond acceptors (Lipinski definition) is 4. The lowest BCUT2D eigenvalue weighted by Crippen LogP contribution is -2.57. The number of urea groups is 1. The minimum atomic E-state index is -0.0969. The molecule has 0 unspecified atom stereocenters. The molecule has 1 N–H and O–H groups in total. The van der Waals surface area contributed by atoms with Gasteiger partial charge in [0.05, 0.1) is 7.11 Å². The Morgan fingerprint density at radius 3 is 2.61 bits per heavy atom. The molecule has 0 spiro atoms. The van der Waals surface area contributed by atoms with Crippen LogP contribution in [-0.4, -0.2) is 59.1 Å². The van der Waals surface area contributed by atoms with Gasteiger partial charge >= 0.3 is 6.03 Å². The maximum Gasteiger partial charge on any atom is 0.318 e. The molecule has 36 heavy (non-hydrogen) atoms. The summed E-state index contributed by atoms with van der Waals surface area (Å²) in [7, 11) is 1.66. The van der Waals surface area contributed by atoms with Crippen LogP contribution in [-0.2, 0) is 13.1 Å². The number of ether oxygens (including phenoxy) is 1. The van der Waals surface area contributed by atoms with Gasteiger partial charge in [0, 0.05) is 44.2 Å². The Kier molecular flexibility index (Phi) is 6.95. The van der Waals surface area contributed by atoms with E-state index in [1.807, 2.05) is 77.4 Å². The molecule has 1 saturated heterocycles. The number of rotatable bonds is 6. The van der Waals surface area contributed by atoms with Crippen molar-refractivity contribution >= 4 is 33.5 Å². The van der Waals surface area contributed by atoms with Gasteiger partial charge in [0.25, 0.3) is 5.91 Å². The number of carbonyl (C=O) groups excluding carboxylic acids is 2. The summed E-state index contributed by atoms with van der Waals surface area (Å²) in [6, 6.07) is 21.7. The van der Waals surface area contributed by atoms with Crippen molar-refractivity contribution in [1.82, 2.24) is 19.7 Å². The zero-order chi connectivity index (χ0) is 25.1. The molecule has 186 valence electrons. The largest absolute Gasteiger partial charge is 0.497 e. The number of piperazine rings is 1. The van der Waals surface area contributed by atoms with Crippen molar-refractivity contribution in [2.24, 2.45) is 0 Å². The van der Waals surface area contributed by atoms with Crippen molar-refractivity contribution in [2.75, 3.05) is 26.7 Å². The second kappa shape index (κ2) is 10.5. The molecule has 3 amide bonds. The highest BCUT2D eigenvalue weighted by molar-refractivity contribution is 7.16. The van der Waals surface area contributed by atoms with E-state index in [1.54, 1.807) is 18.4 Å². The fourth-order valence-electron chi connectivity index (χ4n) is 4.74. The van der Waals surface area contributed by atoms with Crippen LogP contribution in [0.25, 0.3) is 10.2 Å². The van der Waals surface area contributed by atoms with Crippen LogP contribution in [0.15, 0.2) is 72.1 Å². The first-order chi connectivity index (χ1) is 17.5. The Labute approximate surface area is 214 Å². The smallest absolute Gasteiger partial charge is 0.318 e. The van der Waals surface area contributed by atoms with Gasteiger partial charge in [0.2, 0.25) is 0 Å². The lowest BCUT2D eigenvalue weighted by atomic mass is 10.1. The number of benzene rings is 2. The van der Waals surface area contributed by atoms with Gasteiger partial charge in [-0.3, -0.25) is 4.79 Å². The van der Waals surface area contributed by atoms with E-state index in [-0.39, 0.29) is 18.0 Å². The zero-order valence-electron chi connectivity index (χ0n) is 20.5. The van der Waals surface area contributed by atoms with E-state index in [2.05, 4.69) is 21.3 Å². The van der Waals surface area contributed by atoms with Crippen molar-refractivity contribution in [1.29, 1.82) is 0 Å². The Balaban J connectivity index is 1.29. The van der Waals surface area contributed by atoms with E-state index in [9.17, 15) is 9.59 Å². The molecule has 0 bridgehead atoms. The second-order valence-corrected chi connectivity index (χ2v) is 9.98. The van der Waals surface area contributed by atoms with Gasteiger partial charge in [-0.15, -0.1) is 11.3 Å². The zero-order valence-corrected chi connectivity index (χ0v) is 21.3. The van der Waals surface area contributed by atoms with Gasteiger partial charge < -0.3 is 24.4 Å². The second-order valence-electron chi connectivity index (χ2n) is 9.09. The van der Waals surface area contributed by atoms with E-state index < -0.39 is 0 Å². The van der Waals surface area contributed by atoms with Crippen LogP contribution in [0, 0.1) is 0 Å². The van der Waals surface area contributed by atoms with Crippen LogP contribution in [0.5, 0.6) is 5.75 Å². The molecule has 1 atom stereocenters. The number of carbonyl (C=O) groups is 2. The summed E-state index contributed by atoms with van der Waals surface area (Å²) in [6.07, 6.45) is 0. The van der Waals surface area contributed by atoms with Crippen molar-refractivity contribution in [3.05, 3.63) is 88.9 Å². The van der Waals surface area contributed by atoms with E-state index >= 15 is 0 Å². The number of aromatic nitrogens is 1. The van der Waals surface area contributed by atoms with Crippen LogP contribution in [0.3, 0.4) is 0 Å². The predicted octanol–water partition coefficient (Wildman–Crippen LogP) is 4.82. The first-order valence-corrected chi connectivity index (χ1v) is 13.0. The van der Waals surface area contributed by atoms with Crippen LogP contribution in [0.4, 0.5) is 4.79 Å². The summed E-state index contributed by atoms with van der Waals surface area (Å²) in [5, 5.41) is 6.12. The van der Waals surface area contributed by atoms with E-state index in [1.165, 1.54) is 0 Å². The SMILES string of the molecule is COc1cccc(Cn2c(C(=O)N3CCN(C(=O)NCc4ccccc4)[C@@H](C)C3)cc3ccsc32)c1. The third kappa shape index (κ3) is 4.95. The Morgan fingerprint density at radius 1 is 1.03 bits per heavy atom. The summed E-state index contributed by atoms with van der Waals surface area (Å²) in [5.74, 6) is 0.794. The molecule has 0 saturated carbocycles. The van der Waals surface area contributed by atoms with Crippen molar-refractivity contribution in [3.63, 3.8) is 0 Å². The molecule has 8 heteroatoms. The molecular weight excluding hydrogens is 472 g/mol. The molecular formula is C28H30N4O3S. The van der Waals surface area contributed by atoms with Crippen LogP contribution in [0.1, 0.15) is 28.5 Å². The normalized spacial score (nSPS) is 15.8. The minimum absolute atomic E-state index is 0.00232. The third-order valence-corrected chi connectivity index (χ3v) is 7.61. The standard InChI is InChI=1S/C28H30N4O3S/c1-20-18-30(12-13-31(20)28(34)29-17-21-7-4-3-5-8-21)26(33)25-16-23-11-14-36-27(23)32(25)19-22-9-6-10-24(15-22)35-2/h3-11,14-16,20H,12-13,17-19H2,1-2H3,(H,29,34)/t20-/m0/s1. The molecule has 3 heterocycles. The highest BCUT2D eigenvalue weighted by Crippen LogP contribution is 2.28. The number of amides is 3. The number of hydrogen-bond donors (Lipinski definition) is 1. The number of nitrogens with zero attached hydrogens (tertiary/aromatic N) is 3. The Bertz CT molecular complexity index is 1360. The van der Waals surface area contributed by atoms with Crippen molar-refractivity contribution in [3.8, 4) is 5.75 Å². The maximum atomic E-state index is 13.7. The van der Waals surface area contributed by atoms with E-state index in [0.29, 0.717) is 38.4 Å². The summed E-state index contributed by atoms with van der Waals surface area (Å²) in [5.41, 5.74) is 2.81. The molecule has 0 radical (unpaired) electrons. The van der Waals surface area contributed by atoms with Gasteiger partial charge in [-0.25, -0.2) is 4.79 Å². The quantitative estimate of drug-likeness (QED) is 0.411. The molecule has 2 aromatic carbocycles. The van der Waals surface area contributed by atoms with E-state index in [4.69, 9.17) is 4.74 Å². The van der Waals surface area contributed by atoms with Gasteiger partial charge in [0.1, 0.15) is 16.3 Å². The minimum Gasteiger partial charge on any atom is -0.497 e. The topological polar surface area (TPSA) is 66.8 Å². The molecule has 2 aromatic heterocycles. The molecule has 1 aliphatic heterocycles. The van der Waals surface area contributed by atoms with Gasteiger partial charge in [-0.2, -0.15) is 0 Å². The number of nitrogens with one attached hydrogen (secondary N) is 1. The molecule has 1 aliphatic rings. The highest BCUT2D eigenvalue weighted by atomic mass is 32.1. The van der Waals surface area contributed by atoms with Crippen LogP contribution < -0.4 is 10.1 Å². The monoisotopic (exact) mass is 502 g/mol. The van der Waals surface area contributed by atoms with E-state index in [0.717, 1.165) is 27.1 Å². The van der Waals surface area contributed by atoms with Gasteiger partial charge in [0.15, 0.2) is 0 Å². The first kappa shape index (κ1) is 23.9. The number of methoxy groups -OCH3 is 1. The lowest BCUT2D eigenvalue weighted by Gasteiger charge is -2.39. The average molecular weight is 503 g/mol. The third-order valence-electron chi connectivity index (χ3n) is 6.66. The molecule has 0 aliphatic carbocycles. The molecule has 1 fully saturated rings. The first-order valence-electron chi connectivity index (χ1n) is 12.1. The fraction of sp³-hybridized carbons (Fsp3) is 0.286. The highest BCUT2D eigenvalue weighted by Gasteiger charge is 2.31. The van der Waals surface area contributed by atoms with Crippen molar-refractivity contribution in [2.45, 2.75) is 26.1 Å². The summed E-state index contributed by atoms with van der Waals surface area (Å²) < 4.78 is 7.48. The fourth-order valence-corrected chi connectivity index (χ4v) is 5.64. The van der Waals surface area contributed by atoms with Crippen molar-refractivity contribution < 1.29 is 14.3 Å². The van der Waals surface area contributed by atoms with Gasteiger partial charge in [-0.1, -0.05) is 42.5 Å². The average Bonchev–Trinajstić information content (AvgIpc) is 3.50. The molecule has 7 nitrogen and oxygen atoms in total. The molecule has 5 rings (SSSR count). The lowest BCUT2D eigenvalue weighted by molar-refractivity contribution is 0.0570. The Hall–Kier alpha value is -3.78. The van der Waals surface area contributed by atoms with Crippen LogP contribution in [0.2, 0.25) is 0 Å². The Morgan fingerprint density at radius 2 is 1.83 bits per heavy atom. The summed E-state index contributed by atoms with van der Waals surface area (Å²) in [6.45, 7) is 4.56. The molecule has 4 aromatic rings. The number of fused-ring (bicyclic) bond motifs is 1. The maximum absolute atomic E-state index is 13.7. The number of thiophene rings is 1. The van der Waals surface area contributed by atoms with Gasteiger partial charge in [-0.05, 0) is 47.7 Å².